The van der Waals surface area contributed by atoms with Crippen LogP contribution in [0.25, 0.3) is 0 Å². The van der Waals surface area contributed by atoms with Crippen LogP contribution in [0.15, 0.2) is 22.7 Å². The number of rotatable bonds is 4. The summed E-state index contributed by atoms with van der Waals surface area (Å²) >= 11 is 3.51. The minimum atomic E-state index is 0.615. The van der Waals surface area contributed by atoms with Gasteiger partial charge in [-0.15, -0.1) is 0 Å². The molecule has 1 aliphatic heterocycles. The largest absolute Gasteiger partial charge is 0.385 e. The van der Waals surface area contributed by atoms with Crippen LogP contribution in [0, 0.1) is 6.92 Å². The smallest absolute Gasteiger partial charge is 0.0381 e. The van der Waals surface area contributed by atoms with Crippen LogP contribution in [-0.4, -0.2) is 44.2 Å². The molecule has 1 atom stereocenters. The average Bonchev–Trinajstić information content (AvgIpc) is 2.34. The number of anilines is 1. The second kappa shape index (κ2) is 6.55. The molecule has 1 aromatic rings. The second-order valence-corrected chi connectivity index (χ2v) is 6.00. The number of likely N-dealkylation sites (N-methyl/N-ethyl adjacent to an activating group) is 1. The topological polar surface area (TPSA) is 27.3 Å². The van der Waals surface area contributed by atoms with Crippen molar-refractivity contribution in [3.05, 3.63) is 28.2 Å². The molecular weight excluding hydrogens is 290 g/mol. The predicted molar refractivity (Wildman–Crippen MR) is 81.3 cm³/mol. The van der Waals surface area contributed by atoms with Crippen molar-refractivity contribution < 1.29 is 0 Å². The number of benzene rings is 1. The van der Waals surface area contributed by atoms with E-state index in [4.69, 9.17) is 0 Å². The lowest BCUT2D eigenvalue weighted by atomic mass is 10.1. The van der Waals surface area contributed by atoms with Crippen molar-refractivity contribution in [2.24, 2.45) is 0 Å². The molecule has 4 heteroatoms. The van der Waals surface area contributed by atoms with Crippen molar-refractivity contribution in [3.8, 4) is 0 Å². The van der Waals surface area contributed by atoms with Crippen LogP contribution in [0.2, 0.25) is 0 Å². The highest BCUT2D eigenvalue weighted by molar-refractivity contribution is 9.10. The molecule has 1 fully saturated rings. The van der Waals surface area contributed by atoms with Gasteiger partial charge in [0.05, 0.1) is 0 Å². The second-order valence-electron chi connectivity index (χ2n) is 5.09. The number of hydrogen-bond acceptors (Lipinski definition) is 3. The molecule has 0 aromatic heterocycles. The molecule has 0 bridgehead atoms. The molecule has 18 heavy (non-hydrogen) atoms. The summed E-state index contributed by atoms with van der Waals surface area (Å²) in [6.07, 6.45) is 1.16. The Morgan fingerprint density at radius 3 is 3.11 bits per heavy atom. The van der Waals surface area contributed by atoms with E-state index in [1.54, 1.807) is 0 Å². The molecular formula is C14H22BrN3. The average molecular weight is 312 g/mol. The lowest BCUT2D eigenvalue weighted by Crippen LogP contribution is -2.49. The fraction of sp³-hybridized carbons (Fsp3) is 0.571. The predicted octanol–water partition coefficient (Wildman–Crippen LogP) is 2.46. The van der Waals surface area contributed by atoms with E-state index in [1.807, 2.05) is 0 Å². The summed E-state index contributed by atoms with van der Waals surface area (Å²) in [6.45, 7) is 6.58. The minimum Gasteiger partial charge on any atom is -0.385 e. The van der Waals surface area contributed by atoms with E-state index in [9.17, 15) is 0 Å². The molecule has 1 unspecified atom stereocenters. The molecule has 100 valence electrons. The Balaban J connectivity index is 1.79. The van der Waals surface area contributed by atoms with Gasteiger partial charge in [-0.1, -0.05) is 22.0 Å². The lowest BCUT2D eigenvalue weighted by Gasteiger charge is -2.31. The molecule has 3 nitrogen and oxygen atoms in total. The summed E-state index contributed by atoms with van der Waals surface area (Å²) in [7, 11) is 2.19. The lowest BCUT2D eigenvalue weighted by molar-refractivity contribution is 0.234. The maximum Gasteiger partial charge on any atom is 0.0381 e. The highest BCUT2D eigenvalue weighted by Crippen LogP contribution is 2.20. The van der Waals surface area contributed by atoms with E-state index < -0.39 is 0 Å². The third-order valence-corrected chi connectivity index (χ3v) is 3.96. The van der Waals surface area contributed by atoms with Crippen LogP contribution in [0.3, 0.4) is 0 Å². The van der Waals surface area contributed by atoms with Gasteiger partial charge in [-0.3, -0.25) is 0 Å². The number of nitrogens with zero attached hydrogens (tertiary/aromatic N) is 1. The quantitative estimate of drug-likeness (QED) is 0.894. The van der Waals surface area contributed by atoms with E-state index in [0.717, 1.165) is 37.1 Å². The zero-order valence-corrected chi connectivity index (χ0v) is 12.8. The molecule has 1 aliphatic rings. The standard InChI is InChI=1S/C14H22BrN3/c1-11-3-4-12(15)9-14(11)17-6-5-13-10-18(2)8-7-16-13/h3-4,9,13,16-17H,5-8,10H2,1-2H3. The first-order valence-corrected chi connectivity index (χ1v) is 7.36. The maximum atomic E-state index is 3.57. The summed E-state index contributed by atoms with van der Waals surface area (Å²) in [5.74, 6) is 0. The first-order chi connectivity index (χ1) is 8.65. The normalized spacial score (nSPS) is 20.9. The molecule has 1 saturated heterocycles. The van der Waals surface area contributed by atoms with E-state index in [2.05, 4.69) is 63.6 Å². The number of nitrogens with one attached hydrogen (secondary N) is 2. The molecule has 1 aromatic carbocycles. The Labute approximate surface area is 118 Å². The van der Waals surface area contributed by atoms with Gasteiger partial charge in [-0.2, -0.15) is 0 Å². The highest BCUT2D eigenvalue weighted by atomic mass is 79.9. The van der Waals surface area contributed by atoms with E-state index >= 15 is 0 Å². The van der Waals surface area contributed by atoms with Gasteiger partial charge in [-0.05, 0) is 38.1 Å². The molecule has 2 N–H and O–H groups in total. The summed E-state index contributed by atoms with van der Waals surface area (Å²) < 4.78 is 1.13. The molecule has 0 amide bonds. The Morgan fingerprint density at radius 1 is 1.50 bits per heavy atom. The Kier molecular flexibility index (Phi) is 5.03. The van der Waals surface area contributed by atoms with Gasteiger partial charge in [-0.25, -0.2) is 0 Å². The summed E-state index contributed by atoms with van der Waals surface area (Å²) in [6, 6.07) is 6.98. The first kappa shape index (κ1) is 13.8. The third kappa shape index (κ3) is 3.97. The molecule has 0 spiro atoms. The fourth-order valence-corrected chi connectivity index (χ4v) is 2.71. The highest BCUT2D eigenvalue weighted by Gasteiger charge is 2.15. The Hall–Kier alpha value is -0.580. The molecule has 2 rings (SSSR count). The number of aryl methyl sites for hydroxylation is 1. The van der Waals surface area contributed by atoms with E-state index in [0.29, 0.717) is 6.04 Å². The Morgan fingerprint density at radius 2 is 2.33 bits per heavy atom. The van der Waals surface area contributed by atoms with Gasteiger partial charge < -0.3 is 15.5 Å². The van der Waals surface area contributed by atoms with E-state index in [1.165, 1.54) is 11.3 Å². The van der Waals surface area contributed by atoms with Crippen LogP contribution in [-0.2, 0) is 0 Å². The number of hydrogen-bond donors (Lipinski definition) is 2. The summed E-state index contributed by atoms with van der Waals surface area (Å²) in [5, 5.41) is 7.10. The van der Waals surface area contributed by atoms with Crippen LogP contribution in [0.5, 0.6) is 0 Å². The fourth-order valence-electron chi connectivity index (χ4n) is 2.35. The first-order valence-electron chi connectivity index (χ1n) is 6.57. The van der Waals surface area contributed by atoms with Gasteiger partial charge in [0, 0.05) is 42.4 Å². The molecule has 1 heterocycles. The van der Waals surface area contributed by atoms with Crippen LogP contribution in [0.4, 0.5) is 5.69 Å². The maximum absolute atomic E-state index is 3.57. The number of piperazine rings is 1. The molecule has 0 radical (unpaired) electrons. The van der Waals surface area contributed by atoms with Crippen molar-refractivity contribution in [2.45, 2.75) is 19.4 Å². The monoisotopic (exact) mass is 311 g/mol. The van der Waals surface area contributed by atoms with Crippen molar-refractivity contribution in [1.29, 1.82) is 0 Å². The van der Waals surface area contributed by atoms with Crippen molar-refractivity contribution >= 4 is 21.6 Å². The van der Waals surface area contributed by atoms with Gasteiger partial charge in [0.25, 0.3) is 0 Å². The zero-order valence-electron chi connectivity index (χ0n) is 11.2. The summed E-state index contributed by atoms with van der Waals surface area (Å²) in [5.41, 5.74) is 2.53. The van der Waals surface area contributed by atoms with Gasteiger partial charge in [0.15, 0.2) is 0 Å². The molecule has 0 saturated carbocycles. The van der Waals surface area contributed by atoms with Crippen molar-refractivity contribution in [2.75, 3.05) is 38.5 Å². The van der Waals surface area contributed by atoms with Gasteiger partial charge in [0.2, 0.25) is 0 Å². The third-order valence-electron chi connectivity index (χ3n) is 3.47. The SMILES string of the molecule is Cc1ccc(Br)cc1NCCC1CN(C)CCN1. The molecule has 0 aliphatic carbocycles. The Bertz CT molecular complexity index is 395. The van der Waals surface area contributed by atoms with Crippen molar-refractivity contribution in [1.82, 2.24) is 10.2 Å². The van der Waals surface area contributed by atoms with Crippen LogP contribution < -0.4 is 10.6 Å². The van der Waals surface area contributed by atoms with Gasteiger partial charge in [0.1, 0.15) is 0 Å². The summed E-state index contributed by atoms with van der Waals surface area (Å²) in [4.78, 5) is 2.39. The van der Waals surface area contributed by atoms with Crippen LogP contribution >= 0.6 is 15.9 Å². The zero-order chi connectivity index (χ0) is 13.0. The van der Waals surface area contributed by atoms with Crippen molar-refractivity contribution in [3.63, 3.8) is 0 Å². The van der Waals surface area contributed by atoms with Gasteiger partial charge >= 0.3 is 0 Å². The number of halogens is 1. The van der Waals surface area contributed by atoms with Crippen LogP contribution in [0.1, 0.15) is 12.0 Å². The minimum absolute atomic E-state index is 0.615. The van der Waals surface area contributed by atoms with E-state index in [-0.39, 0.29) is 0 Å².